The molecule has 5 nitrogen and oxygen atoms in total. The molecule has 1 saturated carbocycles. The van der Waals surface area contributed by atoms with E-state index >= 15 is 0 Å². The van der Waals surface area contributed by atoms with E-state index in [0.717, 1.165) is 25.1 Å². The van der Waals surface area contributed by atoms with Gasteiger partial charge in [0.1, 0.15) is 5.60 Å². The molecular weight excluding hydrogens is 304 g/mol. The zero-order chi connectivity index (χ0) is 17.3. The molecule has 5 heteroatoms. The molecule has 0 radical (unpaired) electrons. The van der Waals surface area contributed by atoms with E-state index in [4.69, 9.17) is 4.74 Å². The first-order chi connectivity index (χ1) is 11.4. The molecule has 24 heavy (non-hydrogen) atoms. The second kappa shape index (κ2) is 7.10. The Morgan fingerprint density at radius 3 is 2.50 bits per heavy atom. The van der Waals surface area contributed by atoms with Crippen LogP contribution in [0.5, 0.6) is 0 Å². The van der Waals surface area contributed by atoms with Crippen molar-refractivity contribution in [2.24, 2.45) is 5.92 Å². The molecule has 1 aliphatic heterocycles. The summed E-state index contributed by atoms with van der Waals surface area (Å²) in [5, 5.41) is 21.9. The SMILES string of the molecule is CN(C)CCN(C)[C@H]1[C@H](O)C[C@@H]2C[C@H](c3ccccc3)OC[C@]21O. The molecule has 5 atom stereocenters. The highest BCUT2D eigenvalue weighted by Gasteiger charge is 2.58. The van der Waals surface area contributed by atoms with Crippen LogP contribution < -0.4 is 0 Å². The minimum Gasteiger partial charge on any atom is -0.391 e. The molecule has 1 aromatic rings. The van der Waals surface area contributed by atoms with Crippen LogP contribution in [0.3, 0.4) is 0 Å². The minimum atomic E-state index is -0.967. The van der Waals surface area contributed by atoms with Crippen molar-refractivity contribution in [1.82, 2.24) is 9.80 Å². The predicted octanol–water partition coefficient (Wildman–Crippen LogP) is 1.12. The summed E-state index contributed by atoms with van der Waals surface area (Å²) in [4.78, 5) is 4.21. The summed E-state index contributed by atoms with van der Waals surface area (Å²) in [5.41, 5.74) is 0.185. The number of aliphatic hydroxyl groups is 2. The molecule has 0 amide bonds. The fourth-order valence-corrected chi connectivity index (χ4v) is 4.34. The summed E-state index contributed by atoms with van der Waals surface area (Å²) < 4.78 is 6.04. The standard InChI is InChI=1S/C19H30N2O3/c1-20(2)9-10-21(3)18-16(22)11-15-12-17(24-13-19(15,18)23)14-7-5-4-6-8-14/h4-8,15-18,22-23H,9-13H2,1-3H3/t15-,16-,17-,18+,19+/m1/s1. The summed E-state index contributed by atoms with van der Waals surface area (Å²) in [6, 6.07) is 9.90. The number of benzene rings is 1. The zero-order valence-corrected chi connectivity index (χ0v) is 14.9. The van der Waals surface area contributed by atoms with Crippen molar-refractivity contribution in [1.29, 1.82) is 0 Å². The Morgan fingerprint density at radius 1 is 1.12 bits per heavy atom. The van der Waals surface area contributed by atoms with E-state index in [0.29, 0.717) is 6.42 Å². The average molecular weight is 334 g/mol. The van der Waals surface area contributed by atoms with E-state index in [1.165, 1.54) is 0 Å². The summed E-state index contributed by atoms with van der Waals surface area (Å²) in [6.07, 6.45) is 0.898. The third kappa shape index (κ3) is 3.37. The van der Waals surface area contributed by atoms with Crippen molar-refractivity contribution in [3.8, 4) is 0 Å². The summed E-state index contributed by atoms with van der Waals surface area (Å²) in [5.74, 6) is 0.0678. The van der Waals surface area contributed by atoms with Gasteiger partial charge in [-0.3, -0.25) is 4.90 Å². The maximum atomic E-state index is 11.3. The second-order valence-electron chi connectivity index (χ2n) is 7.67. The molecule has 1 heterocycles. The number of nitrogens with zero attached hydrogens (tertiary/aromatic N) is 2. The first-order valence-electron chi connectivity index (χ1n) is 8.84. The Balaban J connectivity index is 1.71. The highest BCUT2D eigenvalue weighted by atomic mass is 16.5. The number of aliphatic hydroxyl groups excluding tert-OH is 1. The van der Waals surface area contributed by atoms with Crippen LogP contribution in [0.15, 0.2) is 30.3 Å². The van der Waals surface area contributed by atoms with Crippen LogP contribution in [-0.4, -0.2) is 78.6 Å². The smallest absolute Gasteiger partial charge is 0.109 e. The molecule has 1 saturated heterocycles. The average Bonchev–Trinajstić information content (AvgIpc) is 2.82. The molecule has 2 fully saturated rings. The van der Waals surface area contributed by atoms with Gasteiger partial charge in [-0.15, -0.1) is 0 Å². The lowest BCUT2D eigenvalue weighted by Gasteiger charge is -2.44. The lowest BCUT2D eigenvalue weighted by atomic mass is 9.81. The van der Waals surface area contributed by atoms with Crippen LogP contribution in [0.1, 0.15) is 24.5 Å². The fraction of sp³-hybridized carbons (Fsp3) is 0.684. The maximum absolute atomic E-state index is 11.3. The molecule has 1 aromatic carbocycles. The van der Waals surface area contributed by atoms with Gasteiger partial charge in [-0.25, -0.2) is 0 Å². The van der Waals surface area contributed by atoms with Crippen molar-refractivity contribution in [3.63, 3.8) is 0 Å². The van der Waals surface area contributed by atoms with Crippen molar-refractivity contribution < 1.29 is 14.9 Å². The summed E-state index contributed by atoms with van der Waals surface area (Å²) in [7, 11) is 6.05. The third-order valence-corrected chi connectivity index (χ3v) is 5.67. The Bertz CT molecular complexity index is 539. The van der Waals surface area contributed by atoms with Crippen LogP contribution in [0.25, 0.3) is 0 Å². The first kappa shape index (κ1) is 17.8. The molecule has 1 aliphatic carbocycles. The van der Waals surface area contributed by atoms with Crippen LogP contribution in [-0.2, 0) is 4.74 Å². The Hall–Kier alpha value is -0.980. The highest BCUT2D eigenvalue weighted by molar-refractivity contribution is 5.20. The lowest BCUT2D eigenvalue weighted by molar-refractivity contribution is -0.171. The van der Waals surface area contributed by atoms with E-state index in [2.05, 4.69) is 21.9 Å². The molecule has 0 unspecified atom stereocenters. The van der Waals surface area contributed by atoms with Crippen LogP contribution in [0, 0.1) is 5.92 Å². The summed E-state index contributed by atoms with van der Waals surface area (Å²) >= 11 is 0. The Kier molecular flexibility index (Phi) is 5.27. The molecule has 0 aromatic heterocycles. The summed E-state index contributed by atoms with van der Waals surface area (Å²) in [6.45, 7) is 1.99. The van der Waals surface area contributed by atoms with Crippen LogP contribution >= 0.6 is 0 Å². The molecule has 3 rings (SSSR count). The van der Waals surface area contributed by atoms with Gasteiger partial charge in [-0.1, -0.05) is 30.3 Å². The molecular formula is C19H30N2O3. The number of hydrogen-bond acceptors (Lipinski definition) is 5. The monoisotopic (exact) mass is 334 g/mol. The first-order valence-corrected chi connectivity index (χ1v) is 8.84. The normalized spacial score (nSPS) is 36.3. The quantitative estimate of drug-likeness (QED) is 0.845. The number of hydrogen-bond donors (Lipinski definition) is 2. The fourth-order valence-electron chi connectivity index (χ4n) is 4.34. The lowest BCUT2D eigenvalue weighted by Crippen LogP contribution is -2.59. The molecule has 2 aliphatic rings. The van der Waals surface area contributed by atoms with Gasteiger partial charge in [-0.2, -0.15) is 0 Å². The molecule has 134 valence electrons. The van der Waals surface area contributed by atoms with Crippen molar-refractivity contribution in [2.45, 2.75) is 36.7 Å². The van der Waals surface area contributed by atoms with Crippen molar-refractivity contribution in [2.75, 3.05) is 40.8 Å². The minimum absolute atomic E-state index is 0.00880. The van der Waals surface area contributed by atoms with E-state index in [9.17, 15) is 10.2 Å². The van der Waals surface area contributed by atoms with Gasteiger partial charge in [0, 0.05) is 13.1 Å². The van der Waals surface area contributed by atoms with Crippen molar-refractivity contribution >= 4 is 0 Å². The topological polar surface area (TPSA) is 56.2 Å². The zero-order valence-electron chi connectivity index (χ0n) is 14.9. The maximum Gasteiger partial charge on any atom is 0.109 e. The number of rotatable bonds is 5. The third-order valence-electron chi connectivity index (χ3n) is 5.67. The highest BCUT2D eigenvalue weighted by Crippen LogP contribution is 2.47. The van der Waals surface area contributed by atoms with Gasteiger partial charge in [-0.05, 0) is 45.5 Å². The number of ether oxygens (including phenoxy) is 1. The van der Waals surface area contributed by atoms with Crippen LogP contribution in [0.2, 0.25) is 0 Å². The van der Waals surface area contributed by atoms with Gasteiger partial charge in [0.15, 0.2) is 0 Å². The van der Waals surface area contributed by atoms with Gasteiger partial charge >= 0.3 is 0 Å². The van der Waals surface area contributed by atoms with E-state index in [1.54, 1.807) is 0 Å². The number of fused-ring (bicyclic) bond motifs is 1. The largest absolute Gasteiger partial charge is 0.391 e. The molecule has 0 spiro atoms. The number of likely N-dealkylation sites (N-methyl/N-ethyl adjacent to an activating group) is 2. The van der Waals surface area contributed by atoms with E-state index in [1.807, 2.05) is 39.3 Å². The predicted molar refractivity (Wildman–Crippen MR) is 93.8 cm³/mol. The van der Waals surface area contributed by atoms with E-state index < -0.39 is 11.7 Å². The Labute approximate surface area is 144 Å². The van der Waals surface area contributed by atoms with Gasteiger partial charge < -0.3 is 19.8 Å². The van der Waals surface area contributed by atoms with Crippen molar-refractivity contribution in [3.05, 3.63) is 35.9 Å². The molecule has 2 N–H and O–H groups in total. The molecule has 0 bridgehead atoms. The van der Waals surface area contributed by atoms with E-state index in [-0.39, 0.29) is 24.7 Å². The second-order valence-corrected chi connectivity index (χ2v) is 7.67. The van der Waals surface area contributed by atoms with Gasteiger partial charge in [0.2, 0.25) is 0 Å². The van der Waals surface area contributed by atoms with Gasteiger partial charge in [0.05, 0.1) is 24.9 Å². The van der Waals surface area contributed by atoms with Crippen LogP contribution in [0.4, 0.5) is 0 Å². The Morgan fingerprint density at radius 2 is 1.83 bits per heavy atom. The van der Waals surface area contributed by atoms with Gasteiger partial charge in [0.25, 0.3) is 0 Å².